The number of tetrazole rings is 1. The summed E-state index contributed by atoms with van der Waals surface area (Å²) in [5.41, 5.74) is 0.980. The van der Waals surface area contributed by atoms with Crippen LogP contribution in [0.5, 0.6) is 0 Å². The molecule has 0 aliphatic carbocycles. The van der Waals surface area contributed by atoms with Crippen LogP contribution in [0.3, 0.4) is 0 Å². The molecule has 0 unspecified atom stereocenters. The van der Waals surface area contributed by atoms with Gasteiger partial charge in [-0.25, -0.2) is 0 Å². The third-order valence-electron chi connectivity index (χ3n) is 2.20. The summed E-state index contributed by atoms with van der Waals surface area (Å²) in [4.78, 5) is 13.1. The van der Waals surface area contributed by atoms with Crippen molar-refractivity contribution in [2.45, 2.75) is 12.8 Å². The van der Waals surface area contributed by atoms with Crippen molar-refractivity contribution >= 4 is 21.7 Å². The van der Waals surface area contributed by atoms with E-state index < -0.39 is 0 Å². The van der Waals surface area contributed by atoms with Crippen LogP contribution in [-0.4, -0.2) is 26.0 Å². The maximum absolute atomic E-state index is 11.8. The second kappa shape index (κ2) is 5.18. The Morgan fingerprint density at radius 3 is 2.88 bits per heavy atom. The van der Waals surface area contributed by atoms with Gasteiger partial charge in [-0.2, -0.15) is 4.80 Å². The Bertz CT molecular complexity index is 538. The summed E-state index contributed by atoms with van der Waals surface area (Å²) in [6.07, 6.45) is 0.609. The van der Waals surface area contributed by atoms with Crippen LogP contribution >= 0.6 is 15.9 Å². The smallest absolute Gasteiger partial charge is 0.182 e. The second-order valence-electron chi connectivity index (χ2n) is 3.72. The molecule has 0 bridgehead atoms. The predicted molar refractivity (Wildman–Crippen MR) is 65.4 cm³/mol. The first-order chi connectivity index (χ1) is 8.13. The van der Waals surface area contributed by atoms with Gasteiger partial charge in [0.15, 0.2) is 5.82 Å². The Kier molecular flexibility index (Phi) is 3.63. The van der Waals surface area contributed by atoms with Crippen molar-refractivity contribution in [3.8, 4) is 0 Å². The zero-order chi connectivity index (χ0) is 12.3. The second-order valence-corrected chi connectivity index (χ2v) is 4.63. The number of carbonyl (C=O) groups is 1. The number of rotatable bonds is 4. The molecule has 2 aromatic rings. The number of carbonyl (C=O) groups excluding carboxylic acids is 1. The monoisotopic (exact) mass is 294 g/mol. The quantitative estimate of drug-likeness (QED) is 0.853. The first-order valence-electron chi connectivity index (χ1n) is 5.12. The molecule has 0 N–H and O–H groups in total. The fourth-order valence-electron chi connectivity index (χ4n) is 1.51. The minimum atomic E-state index is 0.0797. The van der Waals surface area contributed by atoms with Crippen molar-refractivity contribution in [3.05, 3.63) is 40.1 Å². The molecule has 6 heteroatoms. The lowest BCUT2D eigenvalue weighted by molar-refractivity contribution is -0.117. The number of aromatic nitrogens is 4. The van der Waals surface area contributed by atoms with Gasteiger partial charge in [0.2, 0.25) is 0 Å². The molecule has 1 aromatic heterocycles. The van der Waals surface area contributed by atoms with E-state index in [1.54, 1.807) is 7.05 Å². The Balaban J connectivity index is 1.98. The van der Waals surface area contributed by atoms with Crippen LogP contribution in [0.4, 0.5) is 0 Å². The molecule has 17 heavy (non-hydrogen) atoms. The standard InChI is InChI=1S/C11H11BrN4O/c1-16-14-11(13-15-16)7-10(17)6-8-3-2-4-9(12)5-8/h2-5H,6-7H2,1H3. The van der Waals surface area contributed by atoms with Crippen molar-refractivity contribution in [3.63, 3.8) is 0 Å². The molecule has 1 aromatic carbocycles. The van der Waals surface area contributed by atoms with Gasteiger partial charge in [0.25, 0.3) is 0 Å². The fraction of sp³-hybridized carbons (Fsp3) is 0.273. The van der Waals surface area contributed by atoms with Crippen molar-refractivity contribution in [1.29, 1.82) is 0 Å². The maximum atomic E-state index is 11.8. The van der Waals surface area contributed by atoms with Gasteiger partial charge in [0.05, 0.1) is 13.5 Å². The average molecular weight is 295 g/mol. The van der Waals surface area contributed by atoms with Gasteiger partial charge in [-0.3, -0.25) is 4.79 Å². The van der Waals surface area contributed by atoms with E-state index in [2.05, 4.69) is 31.3 Å². The molecule has 0 radical (unpaired) electrons. The number of nitrogens with zero attached hydrogens (tertiary/aromatic N) is 4. The van der Waals surface area contributed by atoms with Gasteiger partial charge in [-0.15, -0.1) is 10.2 Å². The molecule has 0 spiro atoms. The molecule has 0 aliphatic heterocycles. The lowest BCUT2D eigenvalue weighted by atomic mass is 10.1. The van der Waals surface area contributed by atoms with Crippen molar-refractivity contribution < 1.29 is 4.79 Å². The van der Waals surface area contributed by atoms with Crippen LogP contribution in [0.2, 0.25) is 0 Å². The third-order valence-corrected chi connectivity index (χ3v) is 2.69. The van der Waals surface area contributed by atoms with Gasteiger partial charge >= 0.3 is 0 Å². The predicted octanol–water partition coefficient (Wildman–Crippen LogP) is 1.33. The summed E-state index contributed by atoms with van der Waals surface area (Å²) in [5.74, 6) is 0.545. The Morgan fingerprint density at radius 2 is 2.24 bits per heavy atom. The Morgan fingerprint density at radius 1 is 1.41 bits per heavy atom. The van der Waals surface area contributed by atoms with Crippen LogP contribution in [0.1, 0.15) is 11.4 Å². The van der Waals surface area contributed by atoms with E-state index in [1.807, 2.05) is 24.3 Å². The highest BCUT2D eigenvalue weighted by atomic mass is 79.9. The van der Waals surface area contributed by atoms with Crippen molar-refractivity contribution in [2.24, 2.45) is 7.05 Å². The highest BCUT2D eigenvalue weighted by Crippen LogP contribution is 2.12. The summed E-state index contributed by atoms with van der Waals surface area (Å²) in [6.45, 7) is 0. The molecule has 0 saturated heterocycles. The van der Waals surface area contributed by atoms with E-state index in [1.165, 1.54) is 4.80 Å². The lowest BCUT2D eigenvalue weighted by Gasteiger charge is -1.99. The third kappa shape index (κ3) is 3.45. The van der Waals surface area contributed by atoms with Crippen LogP contribution in [-0.2, 0) is 24.7 Å². The number of hydrogen-bond donors (Lipinski definition) is 0. The Hall–Kier alpha value is -1.56. The van der Waals surface area contributed by atoms with Crippen molar-refractivity contribution in [2.75, 3.05) is 0 Å². The topological polar surface area (TPSA) is 60.7 Å². The van der Waals surface area contributed by atoms with Crippen molar-refractivity contribution in [1.82, 2.24) is 20.2 Å². The molecule has 0 amide bonds. The molecule has 0 fully saturated rings. The highest BCUT2D eigenvalue weighted by Gasteiger charge is 2.09. The first kappa shape index (κ1) is 11.9. The van der Waals surface area contributed by atoms with Gasteiger partial charge < -0.3 is 0 Å². The molecule has 0 aliphatic rings. The fourth-order valence-corrected chi connectivity index (χ4v) is 1.95. The largest absolute Gasteiger partial charge is 0.299 e. The molecular weight excluding hydrogens is 284 g/mol. The summed E-state index contributed by atoms with van der Waals surface area (Å²) in [6, 6.07) is 7.69. The number of hydrogen-bond acceptors (Lipinski definition) is 4. The summed E-state index contributed by atoms with van der Waals surface area (Å²) >= 11 is 3.37. The molecule has 2 rings (SSSR count). The van der Waals surface area contributed by atoms with E-state index in [4.69, 9.17) is 0 Å². The van der Waals surface area contributed by atoms with E-state index in [9.17, 15) is 4.79 Å². The minimum Gasteiger partial charge on any atom is -0.299 e. The molecule has 0 saturated carbocycles. The SMILES string of the molecule is Cn1nnc(CC(=O)Cc2cccc(Br)c2)n1. The minimum absolute atomic E-state index is 0.0797. The first-order valence-corrected chi connectivity index (χ1v) is 5.92. The number of halogens is 1. The molecule has 0 atom stereocenters. The lowest BCUT2D eigenvalue weighted by Crippen LogP contribution is -2.08. The van der Waals surface area contributed by atoms with E-state index in [-0.39, 0.29) is 12.2 Å². The summed E-state index contributed by atoms with van der Waals surface area (Å²) in [7, 11) is 1.68. The average Bonchev–Trinajstić information content (AvgIpc) is 2.63. The zero-order valence-corrected chi connectivity index (χ0v) is 10.9. The van der Waals surface area contributed by atoms with E-state index >= 15 is 0 Å². The Labute approximate surface area is 107 Å². The summed E-state index contributed by atoms with van der Waals surface area (Å²) in [5, 5.41) is 11.4. The summed E-state index contributed by atoms with van der Waals surface area (Å²) < 4.78 is 0.973. The molecule has 1 heterocycles. The number of benzene rings is 1. The van der Waals surface area contributed by atoms with Crippen LogP contribution in [0, 0.1) is 0 Å². The van der Waals surface area contributed by atoms with Crippen LogP contribution < -0.4 is 0 Å². The zero-order valence-electron chi connectivity index (χ0n) is 9.30. The number of aryl methyl sites for hydroxylation is 1. The van der Waals surface area contributed by atoms with Gasteiger partial charge in [-0.1, -0.05) is 28.1 Å². The number of Topliss-reactive ketones (excluding diaryl/α,β-unsaturated/α-hetero) is 1. The molecule has 5 nitrogen and oxygen atoms in total. The highest BCUT2D eigenvalue weighted by molar-refractivity contribution is 9.10. The van der Waals surface area contributed by atoms with Gasteiger partial charge in [0, 0.05) is 10.9 Å². The van der Waals surface area contributed by atoms with E-state index in [0.29, 0.717) is 12.2 Å². The number of ketones is 1. The molecule has 88 valence electrons. The molecular formula is C11H11BrN4O. The maximum Gasteiger partial charge on any atom is 0.182 e. The van der Waals surface area contributed by atoms with Crippen LogP contribution in [0.25, 0.3) is 0 Å². The van der Waals surface area contributed by atoms with Gasteiger partial charge in [-0.05, 0) is 22.9 Å². The van der Waals surface area contributed by atoms with E-state index in [0.717, 1.165) is 10.0 Å². The van der Waals surface area contributed by atoms with Crippen LogP contribution in [0.15, 0.2) is 28.7 Å². The van der Waals surface area contributed by atoms with Gasteiger partial charge in [0.1, 0.15) is 5.78 Å². The normalized spacial score (nSPS) is 10.5.